The van der Waals surface area contributed by atoms with Crippen LogP contribution in [0.1, 0.15) is 10.4 Å². The molecule has 0 aliphatic rings. The zero-order valence-electron chi connectivity index (χ0n) is 13.4. The fourth-order valence-electron chi connectivity index (χ4n) is 2.19. The number of carbonyl (C=O) groups is 1. The number of nitrogens with zero attached hydrogens (tertiary/aromatic N) is 2. The van der Waals surface area contributed by atoms with Gasteiger partial charge in [-0.3, -0.25) is 0 Å². The zero-order valence-corrected chi connectivity index (χ0v) is 13.4. The van der Waals surface area contributed by atoms with E-state index in [9.17, 15) is 4.79 Å². The summed E-state index contributed by atoms with van der Waals surface area (Å²) in [6, 6.07) is 15.7. The van der Waals surface area contributed by atoms with Gasteiger partial charge in [0.2, 0.25) is 0 Å². The van der Waals surface area contributed by atoms with Crippen LogP contribution in [0.5, 0.6) is 5.75 Å². The highest BCUT2D eigenvalue weighted by Gasteiger charge is 2.04. The number of aromatic nitrogens is 2. The van der Waals surface area contributed by atoms with Gasteiger partial charge >= 0.3 is 5.97 Å². The van der Waals surface area contributed by atoms with Gasteiger partial charge in [-0.25, -0.2) is 14.8 Å². The van der Waals surface area contributed by atoms with Crippen LogP contribution in [0.15, 0.2) is 60.9 Å². The lowest BCUT2D eigenvalue weighted by Gasteiger charge is -2.09. The van der Waals surface area contributed by atoms with Gasteiger partial charge in [-0.15, -0.1) is 0 Å². The Morgan fingerprint density at radius 3 is 2.28 bits per heavy atom. The van der Waals surface area contributed by atoms with Gasteiger partial charge in [-0.05, 0) is 36.4 Å². The number of hydrogen-bond donors (Lipinski definition) is 3. The van der Waals surface area contributed by atoms with Crippen LogP contribution in [0, 0.1) is 0 Å². The van der Waals surface area contributed by atoms with Crippen molar-refractivity contribution in [1.29, 1.82) is 0 Å². The number of benzene rings is 2. The number of rotatable bonds is 6. The first-order valence-electron chi connectivity index (χ1n) is 7.47. The van der Waals surface area contributed by atoms with Crippen molar-refractivity contribution >= 4 is 29.0 Å². The summed E-state index contributed by atoms with van der Waals surface area (Å²) in [5.74, 6) is 0.991. The third-order valence-corrected chi connectivity index (χ3v) is 3.41. The molecule has 2 aromatic carbocycles. The van der Waals surface area contributed by atoms with E-state index in [1.54, 1.807) is 25.3 Å². The van der Waals surface area contributed by atoms with Crippen LogP contribution in [0.2, 0.25) is 0 Å². The van der Waals surface area contributed by atoms with Crippen LogP contribution in [-0.4, -0.2) is 28.2 Å². The summed E-state index contributed by atoms with van der Waals surface area (Å²) in [7, 11) is 1.61. The molecule has 0 bridgehead atoms. The van der Waals surface area contributed by atoms with E-state index < -0.39 is 5.97 Å². The minimum atomic E-state index is -0.960. The molecule has 0 unspecified atom stereocenters. The van der Waals surface area contributed by atoms with E-state index in [-0.39, 0.29) is 5.56 Å². The Hall–Kier alpha value is -3.61. The normalized spacial score (nSPS) is 10.1. The second-order valence-corrected chi connectivity index (χ2v) is 5.15. The topological polar surface area (TPSA) is 96.4 Å². The summed E-state index contributed by atoms with van der Waals surface area (Å²) in [5.41, 5.74) is 1.81. The first kappa shape index (κ1) is 16.3. The maximum absolute atomic E-state index is 10.9. The van der Waals surface area contributed by atoms with E-state index in [1.807, 2.05) is 24.3 Å². The Labute approximate surface area is 144 Å². The molecule has 1 heterocycles. The van der Waals surface area contributed by atoms with Crippen molar-refractivity contribution in [2.75, 3.05) is 17.7 Å². The fraction of sp³-hybridized carbons (Fsp3) is 0.0556. The average Bonchev–Trinajstić information content (AvgIpc) is 2.62. The van der Waals surface area contributed by atoms with E-state index in [1.165, 1.54) is 18.5 Å². The Bertz CT molecular complexity index is 881. The SMILES string of the molecule is COc1cccc(Nc2cc(Nc3ccc(C(=O)O)cc3)ncn2)c1. The number of nitrogens with one attached hydrogen (secondary N) is 2. The highest BCUT2D eigenvalue weighted by molar-refractivity contribution is 5.88. The molecule has 0 saturated carbocycles. The third-order valence-electron chi connectivity index (χ3n) is 3.41. The van der Waals surface area contributed by atoms with E-state index in [4.69, 9.17) is 9.84 Å². The molecule has 25 heavy (non-hydrogen) atoms. The zero-order chi connectivity index (χ0) is 17.6. The largest absolute Gasteiger partial charge is 0.497 e. The van der Waals surface area contributed by atoms with Gasteiger partial charge in [-0.1, -0.05) is 6.07 Å². The molecule has 7 heteroatoms. The van der Waals surface area contributed by atoms with Crippen molar-refractivity contribution in [1.82, 2.24) is 9.97 Å². The summed E-state index contributed by atoms with van der Waals surface area (Å²) < 4.78 is 5.19. The lowest BCUT2D eigenvalue weighted by atomic mass is 10.2. The summed E-state index contributed by atoms with van der Waals surface area (Å²) in [6.45, 7) is 0. The molecular formula is C18H16N4O3. The van der Waals surface area contributed by atoms with Gasteiger partial charge in [0.25, 0.3) is 0 Å². The van der Waals surface area contributed by atoms with E-state index in [0.717, 1.165) is 17.1 Å². The molecule has 0 saturated heterocycles. The van der Waals surface area contributed by atoms with Gasteiger partial charge in [0.1, 0.15) is 23.7 Å². The standard InChI is InChI=1S/C18H16N4O3/c1-25-15-4-2-3-14(9-15)22-17-10-16(19-11-20-17)21-13-7-5-12(6-8-13)18(23)24/h2-11H,1H3,(H,23,24)(H2,19,20,21,22). The highest BCUT2D eigenvalue weighted by atomic mass is 16.5. The molecule has 7 nitrogen and oxygen atoms in total. The molecular weight excluding hydrogens is 320 g/mol. The van der Waals surface area contributed by atoms with Crippen LogP contribution < -0.4 is 15.4 Å². The van der Waals surface area contributed by atoms with Crippen LogP contribution in [-0.2, 0) is 0 Å². The molecule has 0 radical (unpaired) electrons. The minimum absolute atomic E-state index is 0.230. The smallest absolute Gasteiger partial charge is 0.335 e. The first-order chi connectivity index (χ1) is 12.1. The monoisotopic (exact) mass is 336 g/mol. The predicted octanol–water partition coefficient (Wildman–Crippen LogP) is 3.67. The summed E-state index contributed by atoms with van der Waals surface area (Å²) in [6.07, 6.45) is 1.44. The van der Waals surface area contributed by atoms with Crippen LogP contribution in [0.3, 0.4) is 0 Å². The third kappa shape index (κ3) is 4.23. The molecule has 0 aliphatic carbocycles. The predicted molar refractivity (Wildman–Crippen MR) is 95.0 cm³/mol. The Morgan fingerprint density at radius 1 is 0.960 bits per heavy atom. The van der Waals surface area contributed by atoms with Crippen LogP contribution in [0.25, 0.3) is 0 Å². The van der Waals surface area contributed by atoms with Crippen molar-refractivity contribution in [3.8, 4) is 5.75 Å². The van der Waals surface area contributed by atoms with Crippen molar-refractivity contribution < 1.29 is 14.6 Å². The minimum Gasteiger partial charge on any atom is -0.497 e. The molecule has 3 aromatic rings. The highest BCUT2D eigenvalue weighted by Crippen LogP contribution is 2.22. The maximum atomic E-state index is 10.9. The summed E-state index contributed by atoms with van der Waals surface area (Å²) in [5, 5.41) is 15.2. The van der Waals surface area contributed by atoms with Crippen LogP contribution in [0.4, 0.5) is 23.0 Å². The van der Waals surface area contributed by atoms with Crippen molar-refractivity contribution in [3.05, 3.63) is 66.5 Å². The molecule has 1 aromatic heterocycles. The molecule has 0 fully saturated rings. The number of ether oxygens (including phenoxy) is 1. The number of carboxylic acid groups (broad SMARTS) is 1. The van der Waals surface area contributed by atoms with E-state index in [0.29, 0.717) is 11.6 Å². The van der Waals surface area contributed by atoms with E-state index >= 15 is 0 Å². The second kappa shape index (κ2) is 7.31. The first-order valence-corrected chi connectivity index (χ1v) is 7.47. The molecule has 0 atom stereocenters. The molecule has 3 rings (SSSR count). The molecule has 126 valence electrons. The Kier molecular flexibility index (Phi) is 4.75. The maximum Gasteiger partial charge on any atom is 0.335 e. The van der Waals surface area contributed by atoms with Crippen LogP contribution >= 0.6 is 0 Å². The van der Waals surface area contributed by atoms with Crippen molar-refractivity contribution in [3.63, 3.8) is 0 Å². The summed E-state index contributed by atoms with van der Waals surface area (Å²) >= 11 is 0. The molecule has 0 aliphatic heterocycles. The Morgan fingerprint density at radius 2 is 1.64 bits per heavy atom. The molecule has 0 amide bonds. The van der Waals surface area contributed by atoms with Gasteiger partial charge < -0.3 is 20.5 Å². The van der Waals surface area contributed by atoms with E-state index in [2.05, 4.69) is 20.6 Å². The quantitative estimate of drug-likeness (QED) is 0.632. The van der Waals surface area contributed by atoms with Gasteiger partial charge in [-0.2, -0.15) is 0 Å². The fourth-order valence-corrected chi connectivity index (χ4v) is 2.19. The number of methoxy groups -OCH3 is 1. The number of carboxylic acids is 1. The van der Waals surface area contributed by atoms with Crippen molar-refractivity contribution in [2.45, 2.75) is 0 Å². The summed E-state index contributed by atoms with van der Waals surface area (Å²) in [4.78, 5) is 19.2. The lowest BCUT2D eigenvalue weighted by Crippen LogP contribution is -1.99. The number of aromatic carboxylic acids is 1. The lowest BCUT2D eigenvalue weighted by molar-refractivity contribution is 0.0697. The number of hydrogen-bond acceptors (Lipinski definition) is 6. The van der Waals surface area contributed by atoms with Crippen molar-refractivity contribution in [2.24, 2.45) is 0 Å². The molecule has 3 N–H and O–H groups in total. The van der Waals surface area contributed by atoms with Gasteiger partial charge in [0.05, 0.1) is 12.7 Å². The van der Waals surface area contributed by atoms with Gasteiger partial charge in [0.15, 0.2) is 0 Å². The average molecular weight is 336 g/mol. The Balaban J connectivity index is 1.73. The van der Waals surface area contributed by atoms with Gasteiger partial charge in [0, 0.05) is 23.5 Å². The molecule has 0 spiro atoms. The number of anilines is 4. The second-order valence-electron chi connectivity index (χ2n) is 5.15.